The van der Waals surface area contributed by atoms with Gasteiger partial charge in [-0.1, -0.05) is 24.3 Å². The first-order valence-corrected chi connectivity index (χ1v) is 6.75. The number of carbonyl (C=O) groups is 1. The lowest BCUT2D eigenvalue weighted by Crippen LogP contribution is -2.30. The Kier molecular flexibility index (Phi) is 4.37. The summed E-state index contributed by atoms with van der Waals surface area (Å²) in [7, 11) is 0. The van der Waals surface area contributed by atoms with E-state index in [-0.39, 0.29) is 5.91 Å². The molecule has 0 radical (unpaired) electrons. The molecule has 2 N–H and O–H groups in total. The zero-order chi connectivity index (χ0) is 13.0. The third kappa shape index (κ3) is 3.84. The van der Waals surface area contributed by atoms with Crippen molar-refractivity contribution in [3.8, 4) is 0 Å². The number of benzene rings is 1. The van der Waals surface area contributed by atoms with Crippen molar-refractivity contribution in [3.63, 3.8) is 0 Å². The van der Waals surface area contributed by atoms with Crippen molar-refractivity contribution in [1.29, 1.82) is 0 Å². The maximum Gasteiger partial charge on any atom is 0.221 e. The van der Waals surface area contributed by atoms with E-state index in [2.05, 4.69) is 48.7 Å². The van der Waals surface area contributed by atoms with Crippen LogP contribution in [0.25, 0.3) is 0 Å². The van der Waals surface area contributed by atoms with Crippen molar-refractivity contribution in [3.05, 3.63) is 35.4 Å². The van der Waals surface area contributed by atoms with Crippen molar-refractivity contribution in [2.75, 3.05) is 6.54 Å². The molecule has 0 aromatic heterocycles. The molecule has 0 saturated heterocycles. The molecule has 1 fully saturated rings. The summed E-state index contributed by atoms with van der Waals surface area (Å²) in [6, 6.07) is 9.12. The first-order chi connectivity index (χ1) is 8.66. The molecule has 0 unspecified atom stereocenters. The Morgan fingerprint density at radius 3 is 2.78 bits per heavy atom. The van der Waals surface area contributed by atoms with Crippen LogP contribution in [-0.4, -0.2) is 18.5 Å². The topological polar surface area (TPSA) is 41.1 Å². The van der Waals surface area contributed by atoms with E-state index < -0.39 is 0 Å². The molecule has 1 aliphatic rings. The maximum atomic E-state index is 11.5. The fourth-order valence-corrected chi connectivity index (χ4v) is 2.11. The maximum absolute atomic E-state index is 11.5. The third-order valence-corrected chi connectivity index (χ3v) is 3.40. The molecule has 0 spiro atoms. The van der Waals surface area contributed by atoms with Crippen LogP contribution in [0.4, 0.5) is 0 Å². The molecular formula is C15H22N2O. The lowest BCUT2D eigenvalue weighted by atomic mass is 10.0. The second-order valence-corrected chi connectivity index (χ2v) is 5.12. The molecule has 18 heavy (non-hydrogen) atoms. The molecule has 2 rings (SSSR count). The molecule has 1 saturated carbocycles. The minimum absolute atomic E-state index is 0.169. The fourth-order valence-electron chi connectivity index (χ4n) is 2.11. The van der Waals surface area contributed by atoms with Crippen molar-refractivity contribution < 1.29 is 4.79 Å². The largest absolute Gasteiger partial charge is 0.353 e. The van der Waals surface area contributed by atoms with E-state index in [0.29, 0.717) is 18.5 Å². The summed E-state index contributed by atoms with van der Waals surface area (Å²) in [5.74, 6) is 0.169. The molecule has 1 atom stereocenters. The minimum Gasteiger partial charge on any atom is -0.353 e. The average Bonchev–Trinajstić information content (AvgIpc) is 3.13. The minimum atomic E-state index is 0.169. The lowest BCUT2D eigenvalue weighted by molar-refractivity contribution is -0.121. The highest BCUT2D eigenvalue weighted by molar-refractivity contribution is 5.76. The number of aryl methyl sites for hydroxylation is 1. The van der Waals surface area contributed by atoms with Gasteiger partial charge in [0.05, 0.1) is 0 Å². The Bertz CT molecular complexity index is 413. The molecule has 1 aliphatic carbocycles. The summed E-state index contributed by atoms with van der Waals surface area (Å²) in [5.41, 5.74) is 2.60. The lowest BCUT2D eigenvalue weighted by Gasteiger charge is -2.16. The predicted molar refractivity (Wildman–Crippen MR) is 73.4 cm³/mol. The first-order valence-electron chi connectivity index (χ1n) is 6.75. The second-order valence-electron chi connectivity index (χ2n) is 5.12. The van der Waals surface area contributed by atoms with E-state index >= 15 is 0 Å². The highest BCUT2D eigenvalue weighted by Gasteiger charge is 2.22. The molecule has 3 nitrogen and oxygen atoms in total. The van der Waals surface area contributed by atoms with Crippen LogP contribution in [0.1, 0.15) is 43.4 Å². The standard InChI is InChI=1S/C15H22N2O/c1-11-5-3-4-6-14(11)12(2)16-10-9-15(18)17-13-7-8-13/h3-6,12-13,16H,7-10H2,1-2H3,(H,17,18)/t12-/m1/s1. The van der Waals surface area contributed by atoms with Crippen molar-refractivity contribution >= 4 is 5.91 Å². The Balaban J connectivity index is 1.72. The van der Waals surface area contributed by atoms with Crippen LogP contribution >= 0.6 is 0 Å². The molecule has 1 aromatic rings. The van der Waals surface area contributed by atoms with Gasteiger partial charge in [-0.2, -0.15) is 0 Å². The van der Waals surface area contributed by atoms with Crippen molar-refractivity contribution in [2.24, 2.45) is 0 Å². The van der Waals surface area contributed by atoms with Gasteiger partial charge in [-0.25, -0.2) is 0 Å². The normalized spacial score (nSPS) is 16.3. The molecule has 0 heterocycles. The van der Waals surface area contributed by atoms with E-state index in [1.54, 1.807) is 0 Å². The van der Waals surface area contributed by atoms with Crippen molar-refractivity contribution in [2.45, 2.75) is 45.2 Å². The zero-order valence-corrected chi connectivity index (χ0v) is 11.2. The fraction of sp³-hybridized carbons (Fsp3) is 0.533. The Hall–Kier alpha value is -1.35. The SMILES string of the molecule is Cc1ccccc1[C@@H](C)NCCC(=O)NC1CC1. The summed E-state index contributed by atoms with van der Waals surface area (Å²) in [6.07, 6.45) is 2.87. The van der Waals surface area contributed by atoms with Gasteiger partial charge >= 0.3 is 0 Å². The monoisotopic (exact) mass is 246 g/mol. The number of rotatable bonds is 6. The van der Waals surface area contributed by atoms with Gasteiger partial charge in [0.2, 0.25) is 5.91 Å². The molecule has 0 bridgehead atoms. The van der Waals surface area contributed by atoms with E-state index in [0.717, 1.165) is 19.4 Å². The molecule has 3 heteroatoms. The number of nitrogens with one attached hydrogen (secondary N) is 2. The first kappa shape index (κ1) is 13.1. The third-order valence-electron chi connectivity index (χ3n) is 3.40. The van der Waals surface area contributed by atoms with Crippen LogP contribution < -0.4 is 10.6 Å². The van der Waals surface area contributed by atoms with Gasteiger partial charge in [0, 0.05) is 25.0 Å². The summed E-state index contributed by atoms with van der Waals surface area (Å²) < 4.78 is 0. The van der Waals surface area contributed by atoms with Crippen LogP contribution in [0.5, 0.6) is 0 Å². The van der Waals surface area contributed by atoms with E-state index in [4.69, 9.17) is 0 Å². The van der Waals surface area contributed by atoms with Gasteiger partial charge < -0.3 is 10.6 Å². The number of carbonyl (C=O) groups excluding carboxylic acids is 1. The van der Waals surface area contributed by atoms with E-state index in [1.165, 1.54) is 11.1 Å². The van der Waals surface area contributed by atoms with Gasteiger partial charge in [-0.05, 0) is 37.8 Å². The molecular weight excluding hydrogens is 224 g/mol. The van der Waals surface area contributed by atoms with Gasteiger partial charge in [-0.3, -0.25) is 4.79 Å². The Morgan fingerprint density at radius 2 is 2.11 bits per heavy atom. The Labute approximate surface area is 109 Å². The van der Waals surface area contributed by atoms with Crippen LogP contribution in [0.15, 0.2) is 24.3 Å². The summed E-state index contributed by atoms with van der Waals surface area (Å²) in [4.78, 5) is 11.5. The Morgan fingerprint density at radius 1 is 1.39 bits per heavy atom. The van der Waals surface area contributed by atoms with Gasteiger partial charge in [-0.15, -0.1) is 0 Å². The summed E-state index contributed by atoms with van der Waals surface area (Å²) in [6.45, 7) is 4.99. The molecule has 98 valence electrons. The summed E-state index contributed by atoms with van der Waals surface area (Å²) >= 11 is 0. The number of hydrogen-bond acceptors (Lipinski definition) is 2. The average molecular weight is 246 g/mol. The van der Waals surface area contributed by atoms with Crippen LogP contribution in [0.2, 0.25) is 0 Å². The quantitative estimate of drug-likeness (QED) is 0.808. The van der Waals surface area contributed by atoms with E-state index in [9.17, 15) is 4.79 Å². The van der Waals surface area contributed by atoms with Crippen LogP contribution in [0, 0.1) is 6.92 Å². The van der Waals surface area contributed by atoms with Gasteiger partial charge in [0.1, 0.15) is 0 Å². The second kappa shape index (κ2) is 6.01. The summed E-state index contributed by atoms with van der Waals surface area (Å²) in [5, 5.41) is 6.40. The van der Waals surface area contributed by atoms with Crippen molar-refractivity contribution in [1.82, 2.24) is 10.6 Å². The zero-order valence-electron chi connectivity index (χ0n) is 11.2. The number of hydrogen-bond donors (Lipinski definition) is 2. The number of amides is 1. The molecule has 1 amide bonds. The highest BCUT2D eigenvalue weighted by atomic mass is 16.1. The predicted octanol–water partition coefficient (Wildman–Crippen LogP) is 2.31. The van der Waals surface area contributed by atoms with Crippen LogP contribution in [0.3, 0.4) is 0 Å². The highest BCUT2D eigenvalue weighted by Crippen LogP contribution is 2.19. The smallest absolute Gasteiger partial charge is 0.221 e. The van der Waals surface area contributed by atoms with Gasteiger partial charge in [0.15, 0.2) is 0 Å². The molecule has 1 aromatic carbocycles. The van der Waals surface area contributed by atoms with Crippen LogP contribution in [-0.2, 0) is 4.79 Å². The molecule has 0 aliphatic heterocycles. The van der Waals surface area contributed by atoms with E-state index in [1.807, 2.05) is 0 Å². The van der Waals surface area contributed by atoms with Gasteiger partial charge in [0.25, 0.3) is 0 Å².